The van der Waals surface area contributed by atoms with Gasteiger partial charge in [-0.2, -0.15) is 0 Å². The molecule has 1 N–H and O–H groups in total. The molecule has 2 heterocycles. The predicted molar refractivity (Wildman–Crippen MR) is 109 cm³/mol. The van der Waals surface area contributed by atoms with Crippen LogP contribution in [0.3, 0.4) is 0 Å². The van der Waals surface area contributed by atoms with E-state index in [0.717, 1.165) is 0 Å². The Bertz CT molecular complexity index is 808. The highest BCUT2D eigenvalue weighted by Gasteiger charge is 2.30. The first-order valence-corrected chi connectivity index (χ1v) is 10.3. The molecule has 166 valence electrons. The smallest absolute Gasteiger partial charge is 0.340 e. The third-order valence-corrected chi connectivity index (χ3v) is 5.32. The average Bonchev–Trinajstić information content (AvgIpc) is 3.01. The monoisotopic (exact) mass is 421 g/mol. The number of H-pyrrole nitrogens is 1. The molecule has 9 nitrogen and oxygen atoms in total. The quantitative estimate of drug-likeness (QED) is 0.671. The van der Waals surface area contributed by atoms with Crippen molar-refractivity contribution in [3.05, 3.63) is 22.5 Å². The third kappa shape index (κ3) is 5.20. The van der Waals surface area contributed by atoms with E-state index in [1.54, 1.807) is 39.6 Å². The Morgan fingerprint density at radius 2 is 1.67 bits per heavy atom. The Morgan fingerprint density at radius 3 is 2.23 bits per heavy atom. The molecule has 0 radical (unpaired) electrons. The number of nitrogens with one attached hydrogen (secondary N) is 1. The number of aromatic nitrogens is 1. The second-order valence-electron chi connectivity index (χ2n) is 7.41. The van der Waals surface area contributed by atoms with Gasteiger partial charge in [-0.05, 0) is 46.1 Å². The van der Waals surface area contributed by atoms with E-state index in [2.05, 4.69) is 4.98 Å². The number of carbonyl (C=O) groups is 4. The van der Waals surface area contributed by atoms with Crippen LogP contribution in [0.4, 0.5) is 0 Å². The molecule has 1 saturated heterocycles. The summed E-state index contributed by atoms with van der Waals surface area (Å²) in [4.78, 5) is 55.4. The summed E-state index contributed by atoms with van der Waals surface area (Å²) in [6.07, 6.45) is 1.11. The molecule has 1 aromatic heterocycles. The first-order valence-electron chi connectivity index (χ1n) is 10.3. The SMILES string of the molecule is CCOC(=O)c1c(C)[nH]c(C(=O)N(C)CC(=O)N2CCC(C(=O)OCC)CC2)c1C. The van der Waals surface area contributed by atoms with Gasteiger partial charge in [-0.1, -0.05) is 0 Å². The van der Waals surface area contributed by atoms with Gasteiger partial charge in [0.2, 0.25) is 5.91 Å². The molecule has 0 aromatic carbocycles. The van der Waals surface area contributed by atoms with Gasteiger partial charge in [-0.25, -0.2) is 4.79 Å². The van der Waals surface area contributed by atoms with Crippen molar-refractivity contribution >= 4 is 23.8 Å². The molecule has 1 aliphatic rings. The fraction of sp³-hybridized carbons (Fsp3) is 0.619. The van der Waals surface area contributed by atoms with Crippen LogP contribution in [0.1, 0.15) is 58.8 Å². The molecule has 1 aromatic rings. The van der Waals surface area contributed by atoms with E-state index >= 15 is 0 Å². The summed E-state index contributed by atoms with van der Waals surface area (Å²) in [6.45, 7) is 8.29. The van der Waals surface area contributed by atoms with Crippen molar-refractivity contribution in [3.63, 3.8) is 0 Å². The summed E-state index contributed by atoms with van der Waals surface area (Å²) < 4.78 is 10.1. The Balaban J connectivity index is 1.98. The topological polar surface area (TPSA) is 109 Å². The molecule has 1 aliphatic heterocycles. The van der Waals surface area contributed by atoms with Crippen molar-refractivity contribution in [2.45, 2.75) is 40.5 Å². The number of hydrogen-bond acceptors (Lipinski definition) is 6. The molecule has 0 saturated carbocycles. The van der Waals surface area contributed by atoms with E-state index < -0.39 is 5.97 Å². The molecule has 0 unspecified atom stereocenters. The molecule has 1 fully saturated rings. The molecule has 9 heteroatoms. The third-order valence-electron chi connectivity index (χ3n) is 5.32. The zero-order valence-electron chi connectivity index (χ0n) is 18.4. The van der Waals surface area contributed by atoms with Crippen LogP contribution in [0.25, 0.3) is 0 Å². The molecule has 0 atom stereocenters. The lowest BCUT2D eigenvalue weighted by atomic mass is 9.97. The number of amides is 2. The normalized spacial score (nSPS) is 14.4. The molecule has 2 amide bonds. The second-order valence-corrected chi connectivity index (χ2v) is 7.41. The van der Waals surface area contributed by atoms with Crippen LogP contribution in [-0.2, 0) is 19.1 Å². The van der Waals surface area contributed by atoms with E-state index in [1.807, 2.05) is 0 Å². The highest BCUT2D eigenvalue weighted by Crippen LogP contribution is 2.21. The zero-order chi connectivity index (χ0) is 22.4. The summed E-state index contributed by atoms with van der Waals surface area (Å²) in [6, 6.07) is 0. The van der Waals surface area contributed by atoms with Crippen LogP contribution in [0.15, 0.2) is 0 Å². The van der Waals surface area contributed by atoms with E-state index in [0.29, 0.717) is 49.4 Å². The van der Waals surface area contributed by atoms with Gasteiger partial charge in [0.1, 0.15) is 5.69 Å². The van der Waals surface area contributed by atoms with Crippen molar-refractivity contribution in [1.29, 1.82) is 0 Å². The van der Waals surface area contributed by atoms with Crippen LogP contribution >= 0.6 is 0 Å². The van der Waals surface area contributed by atoms with Gasteiger partial charge in [-0.15, -0.1) is 0 Å². The lowest BCUT2D eigenvalue weighted by Gasteiger charge is -2.32. The first kappa shape index (κ1) is 23.4. The highest BCUT2D eigenvalue weighted by molar-refractivity contribution is 6.01. The van der Waals surface area contributed by atoms with Crippen LogP contribution in [0, 0.1) is 19.8 Å². The van der Waals surface area contributed by atoms with Gasteiger partial charge < -0.3 is 24.3 Å². The molecule has 30 heavy (non-hydrogen) atoms. The molecule has 2 rings (SSSR count). The standard InChI is InChI=1S/C21H31N3O6/c1-6-29-20(27)15-8-10-24(11-9-15)16(25)12-23(5)19(26)18-13(3)17(14(4)22-18)21(28)30-7-2/h15,22H,6-12H2,1-5H3. The van der Waals surface area contributed by atoms with Gasteiger partial charge in [0.25, 0.3) is 5.91 Å². The maximum atomic E-state index is 12.9. The summed E-state index contributed by atoms with van der Waals surface area (Å²) in [5.74, 6) is -1.43. The van der Waals surface area contributed by atoms with E-state index in [1.165, 1.54) is 4.90 Å². The van der Waals surface area contributed by atoms with E-state index in [-0.39, 0.29) is 42.5 Å². The maximum absolute atomic E-state index is 12.9. The van der Waals surface area contributed by atoms with Crippen molar-refractivity contribution in [3.8, 4) is 0 Å². The average molecular weight is 421 g/mol. The number of ether oxygens (including phenoxy) is 2. The number of aromatic amines is 1. The number of hydrogen-bond donors (Lipinski definition) is 1. The van der Waals surface area contributed by atoms with E-state index in [9.17, 15) is 19.2 Å². The summed E-state index contributed by atoms with van der Waals surface area (Å²) in [7, 11) is 1.55. The summed E-state index contributed by atoms with van der Waals surface area (Å²) >= 11 is 0. The predicted octanol–water partition coefficient (Wildman–Crippen LogP) is 1.68. The van der Waals surface area contributed by atoms with Crippen LogP contribution in [-0.4, -0.2) is 78.4 Å². The van der Waals surface area contributed by atoms with Crippen LogP contribution < -0.4 is 0 Å². The molecular weight excluding hydrogens is 390 g/mol. The van der Waals surface area contributed by atoms with Crippen molar-refractivity contribution < 1.29 is 28.7 Å². The number of esters is 2. The molecular formula is C21H31N3O6. The van der Waals surface area contributed by atoms with Crippen molar-refractivity contribution in [2.24, 2.45) is 5.92 Å². The van der Waals surface area contributed by atoms with Crippen LogP contribution in [0.5, 0.6) is 0 Å². The minimum Gasteiger partial charge on any atom is -0.466 e. The highest BCUT2D eigenvalue weighted by atomic mass is 16.5. The Kier molecular flexibility index (Phi) is 8.02. The number of carbonyl (C=O) groups excluding carboxylic acids is 4. The molecule has 0 bridgehead atoms. The lowest BCUT2D eigenvalue weighted by Crippen LogP contribution is -2.45. The molecule has 0 spiro atoms. The minimum absolute atomic E-state index is 0.0881. The summed E-state index contributed by atoms with van der Waals surface area (Å²) in [5, 5.41) is 0. The van der Waals surface area contributed by atoms with Gasteiger partial charge in [-0.3, -0.25) is 14.4 Å². The molecule has 0 aliphatic carbocycles. The zero-order valence-corrected chi connectivity index (χ0v) is 18.4. The number of aryl methyl sites for hydroxylation is 1. The fourth-order valence-corrected chi connectivity index (χ4v) is 3.66. The van der Waals surface area contributed by atoms with Crippen molar-refractivity contribution in [1.82, 2.24) is 14.8 Å². The maximum Gasteiger partial charge on any atom is 0.340 e. The fourth-order valence-electron chi connectivity index (χ4n) is 3.66. The Labute approximate surface area is 176 Å². The van der Waals surface area contributed by atoms with E-state index in [4.69, 9.17) is 9.47 Å². The van der Waals surface area contributed by atoms with Gasteiger partial charge in [0.15, 0.2) is 0 Å². The van der Waals surface area contributed by atoms with Gasteiger partial charge >= 0.3 is 11.9 Å². The summed E-state index contributed by atoms with van der Waals surface area (Å²) in [5.41, 5.74) is 1.67. The largest absolute Gasteiger partial charge is 0.466 e. The Hall–Kier alpha value is -2.84. The second kappa shape index (κ2) is 10.3. The number of piperidine rings is 1. The minimum atomic E-state index is -0.481. The van der Waals surface area contributed by atoms with Crippen molar-refractivity contribution in [2.75, 3.05) is 39.9 Å². The number of nitrogens with zero attached hydrogens (tertiary/aromatic N) is 2. The lowest BCUT2D eigenvalue weighted by molar-refractivity contribution is -0.151. The first-order chi connectivity index (χ1) is 14.2. The van der Waals surface area contributed by atoms with Crippen LogP contribution in [0.2, 0.25) is 0 Å². The number of rotatable bonds is 7. The number of likely N-dealkylation sites (tertiary alicyclic amines) is 1. The Morgan fingerprint density at radius 1 is 1.07 bits per heavy atom. The van der Waals surface area contributed by atoms with Gasteiger partial charge in [0, 0.05) is 25.8 Å². The number of likely N-dealkylation sites (N-methyl/N-ethyl adjacent to an activating group) is 1. The van der Waals surface area contributed by atoms with Gasteiger partial charge in [0.05, 0.1) is 31.2 Å².